The molecule has 0 amide bonds. The highest BCUT2D eigenvalue weighted by atomic mass is 35.5. The molecule has 0 aliphatic carbocycles. The van der Waals surface area contributed by atoms with Crippen LogP contribution in [0.5, 0.6) is 0 Å². The SMILES string of the molecule is O=S(=O)(c1ccc(Cl)cc1)N(CCO)C[C@@H](O)Cn1c2ccccc2c2ccccc21. The Hall–Kier alpha value is -2.42. The fraction of sp³-hybridized carbons (Fsp3) is 0.217. The molecule has 0 aliphatic heterocycles. The van der Waals surface area contributed by atoms with Crippen LogP contribution in [0.25, 0.3) is 21.8 Å². The Labute approximate surface area is 186 Å². The number of halogens is 1. The minimum atomic E-state index is -3.89. The Bertz CT molecular complexity index is 1250. The lowest BCUT2D eigenvalue weighted by Gasteiger charge is -2.24. The molecule has 3 aromatic carbocycles. The number of aliphatic hydroxyl groups is 2. The molecule has 8 heteroatoms. The van der Waals surface area contributed by atoms with Crippen molar-refractivity contribution in [3.8, 4) is 0 Å². The summed E-state index contributed by atoms with van der Waals surface area (Å²) >= 11 is 5.87. The van der Waals surface area contributed by atoms with E-state index in [9.17, 15) is 18.6 Å². The third-order valence-electron chi connectivity index (χ3n) is 5.29. The minimum absolute atomic E-state index is 0.0643. The van der Waals surface area contributed by atoms with Crippen molar-refractivity contribution < 1.29 is 18.6 Å². The van der Waals surface area contributed by atoms with Crippen LogP contribution in [0.1, 0.15) is 0 Å². The van der Waals surface area contributed by atoms with Crippen LogP contribution in [-0.2, 0) is 16.6 Å². The first-order chi connectivity index (χ1) is 14.9. The number of rotatable bonds is 8. The molecular formula is C23H23ClN2O4S. The Morgan fingerprint density at radius 1 is 0.903 bits per heavy atom. The van der Waals surface area contributed by atoms with Crippen LogP contribution in [0.3, 0.4) is 0 Å². The molecule has 2 N–H and O–H groups in total. The van der Waals surface area contributed by atoms with Crippen molar-refractivity contribution in [2.75, 3.05) is 19.7 Å². The van der Waals surface area contributed by atoms with Crippen LogP contribution in [0.2, 0.25) is 5.02 Å². The number of benzene rings is 3. The quantitative estimate of drug-likeness (QED) is 0.423. The maximum absolute atomic E-state index is 13.1. The second kappa shape index (κ2) is 8.98. The molecule has 0 bridgehead atoms. The van der Waals surface area contributed by atoms with E-state index >= 15 is 0 Å². The van der Waals surface area contributed by atoms with Gasteiger partial charge in [0.15, 0.2) is 0 Å². The zero-order valence-electron chi connectivity index (χ0n) is 16.7. The molecule has 0 radical (unpaired) electrons. The summed E-state index contributed by atoms with van der Waals surface area (Å²) in [4.78, 5) is 0.0643. The molecule has 4 rings (SSSR count). The van der Waals surface area contributed by atoms with Gasteiger partial charge in [0.1, 0.15) is 0 Å². The Kier molecular flexibility index (Phi) is 6.31. The molecule has 31 heavy (non-hydrogen) atoms. The summed E-state index contributed by atoms with van der Waals surface area (Å²) in [6.07, 6.45) is -0.979. The topological polar surface area (TPSA) is 82.8 Å². The molecule has 0 saturated heterocycles. The van der Waals surface area contributed by atoms with Crippen molar-refractivity contribution in [2.24, 2.45) is 0 Å². The van der Waals surface area contributed by atoms with E-state index in [2.05, 4.69) is 0 Å². The molecule has 0 saturated carbocycles. The zero-order chi connectivity index (χ0) is 22.0. The Balaban J connectivity index is 1.63. The van der Waals surface area contributed by atoms with E-state index in [4.69, 9.17) is 11.6 Å². The minimum Gasteiger partial charge on any atom is -0.395 e. The van der Waals surface area contributed by atoms with Crippen molar-refractivity contribution in [1.82, 2.24) is 8.87 Å². The first kappa shape index (κ1) is 21.8. The number of para-hydroxylation sites is 2. The molecule has 1 aromatic heterocycles. The lowest BCUT2D eigenvalue weighted by molar-refractivity contribution is 0.123. The maximum atomic E-state index is 13.1. The van der Waals surface area contributed by atoms with Crippen molar-refractivity contribution in [3.05, 3.63) is 77.8 Å². The first-order valence-corrected chi connectivity index (χ1v) is 11.7. The molecule has 162 valence electrons. The van der Waals surface area contributed by atoms with E-state index in [0.29, 0.717) is 5.02 Å². The third kappa shape index (κ3) is 4.33. The van der Waals surface area contributed by atoms with Crippen molar-refractivity contribution in [2.45, 2.75) is 17.5 Å². The van der Waals surface area contributed by atoms with Gasteiger partial charge in [-0.15, -0.1) is 0 Å². The summed E-state index contributed by atoms with van der Waals surface area (Å²) in [6.45, 7) is -0.400. The second-order valence-corrected chi connectivity index (χ2v) is 9.71. The van der Waals surface area contributed by atoms with Gasteiger partial charge in [0.25, 0.3) is 0 Å². The van der Waals surface area contributed by atoms with Crippen LogP contribution >= 0.6 is 11.6 Å². The van der Waals surface area contributed by atoms with Gasteiger partial charge < -0.3 is 14.8 Å². The van der Waals surface area contributed by atoms with E-state index in [1.165, 1.54) is 24.3 Å². The average molecular weight is 459 g/mol. The van der Waals surface area contributed by atoms with Gasteiger partial charge in [-0.05, 0) is 36.4 Å². The maximum Gasteiger partial charge on any atom is 0.243 e. The second-order valence-electron chi connectivity index (χ2n) is 7.34. The number of fused-ring (bicyclic) bond motifs is 3. The fourth-order valence-corrected chi connectivity index (χ4v) is 5.47. The van der Waals surface area contributed by atoms with Crippen molar-refractivity contribution in [1.29, 1.82) is 0 Å². The van der Waals surface area contributed by atoms with Crippen LogP contribution in [0, 0.1) is 0 Å². The van der Waals surface area contributed by atoms with Crippen LogP contribution in [-0.4, -0.2) is 53.3 Å². The number of nitrogens with zero attached hydrogens (tertiary/aromatic N) is 2. The van der Waals surface area contributed by atoms with E-state index in [-0.39, 0.29) is 31.1 Å². The number of aromatic nitrogens is 1. The highest BCUT2D eigenvalue weighted by Crippen LogP contribution is 2.29. The summed E-state index contributed by atoms with van der Waals surface area (Å²) in [5.74, 6) is 0. The number of aliphatic hydroxyl groups excluding tert-OH is 2. The lowest BCUT2D eigenvalue weighted by Crippen LogP contribution is -2.40. The first-order valence-electron chi connectivity index (χ1n) is 9.92. The molecule has 0 aliphatic rings. The predicted octanol–water partition coefficient (Wildman–Crippen LogP) is 3.49. The lowest BCUT2D eigenvalue weighted by atomic mass is 10.2. The van der Waals surface area contributed by atoms with Gasteiger partial charge >= 0.3 is 0 Å². The smallest absolute Gasteiger partial charge is 0.243 e. The van der Waals surface area contributed by atoms with E-state index in [0.717, 1.165) is 26.1 Å². The van der Waals surface area contributed by atoms with Gasteiger partial charge in [-0.1, -0.05) is 48.0 Å². The van der Waals surface area contributed by atoms with Crippen LogP contribution < -0.4 is 0 Å². The molecule has 6 nitrogen and oxygen atoms in total. The Morgan fingerprint density at radius 3 is 2.00 bits per heavy atom. The highest BCUT2D eigenvalue weighted by Gasteiger charge is 2.27. The van der Waals surface area contributed by atoms with Crippen molar-refractivity contribution >= 4 is 43.4 Å². The molecular weight excluding hydrogens is 436 g/mol. The number of hydrogen-bond donors (Lipinski definition) is 2. The summed E-state index contributed by atoms with van der Waals surface area (Å²) in [5.41, 5.74) is 1.94. The van der Waals surface area contributed by atoms with Crippen molar-refractivity contribution in [3.63, 3.8) is 0 Å². The molecule has 1 atom stereocenters. The van der Waals surface area contributed by atoms with Gasteiger partial charge in [-0.2, -0.15) is 4.31 Å². The monoisotopic (exact) mass is 458 g/mol. The standard InChI is InChI=1S/C23H23ClN2O4S/c24-17-9-11-19(12-10-17)31(29,30)25(13-14-27)15-18(28)16-26-22-7-3-1-5-20(22)21-6-2-4-8-23(21)26/h1-12,18,27-28H,13-16H2/t18-/m1/s1. The third-order valence-corrected chi connectivity index (χ3v) is 7.42. The summed E-state index contributed by atoms with van der Waals surface area (Å²) in [7, 11) is -3.89. The number of sulfonamides is 1. The molecule has 1 heterocycles. The normalized spacial score (nSPS) is 13.3. The van der Waals surface area contributed by atoms with Crippen LogP contribution in [0.15, 0.2) is 77.7 Å². The summed E-state index contributed by atoms with van der Waals surface area (Å²) in [6, 6.07) is 21.7. The van der Waals surface area contributed by atoms with Gasteiger partial charge in [0.2, 0.25) is 10.0 Å². The fourth-order valence-electron chi connectivity index (χ4n) is 3.88. The van der Waals surface area contributed by atoms with Gasteiger partial charge in [0, 0.05) is 39.9 Å². The van der Waals surface area contributed by atoms with Gasteiger partial charge in [-0.3, -0.25) is 0 Å². The summed E-state index contributed by atoms with van der Waals surface area (Å²) in [5, 5.41) is 22.9. The molecule has 0 unspecified atom stereocenters. The molecule has 0 fully saturated rings. The number of hydrogen-bond acceptors (Lipinski definition) is 4. The zero-order valence-corrected chi connectivity index (χ0v) is 18.3. The van der Waals surface area contributed by atoms with Gasteiger partial charge in [0.05, 0.1) is 24.2 Å². The average Bonchev–Trinajstić information content (AvgIpc) is 3.08. The molecule has 0 spiro atoms. The van der Waals surface area contributed by atoms with E-state index in [1.54, 1.807) is 0 Å². The Morgan fingerprint density at radius 2 is 1.45 bits per heavy atom. The van der Waals surface area contributed by atoms with Gasteiger partial charge in [-0.25, -0.2) is 8.42 Å². The highest BCUT2D eigenvalue weighted by molar-refractivity contribution is 7.89. The van der Waals surface area contributed by atoms with E-state index < -0.39 is 16.1 Å². The van der Waals surface area contributed by atoms with E-state index in [1.807, 2.05) is 53.1 Å². The summed E-state index contributed by atoms with van der Waals surface area (Å²) < 4.78 is 29.2. The largest absolute Gasteiger partial charge is 0.395 e. The van der Waals surface area contributed by atoms with Crippen LogP contribution in [0.4, 0.5) is 0 Å². The molecule has 4 aromatic rings. The predicted molar refractivity (Wildman–Crippen MR) is 123 cm³/mol.